The van der Waals surface area contributed by atoms with E-state index in [-0.39, 0.29) is 17.7 Å². The minimum Gasteiger partial charge on any atom is -0.368 e. The third-order valence-corrected chi connectivity index (χ3v) is 5.50. The molecule has 0 aliphatic rings. The molecule has 2 aromatic carbocycles. The first-order chi connectivity index (χ1) is 14.3. The van der Waals surface area contributed by atoms with E-state index >= 15 is 0 Å². The lowest BCUT2D eigenvalue weighted by molar-refractivity contribution is -0.115. The standard InChI is InChI=1S/C21H23FN6OS/c1-12-8-9-15(10-16(12)22)24-19(29)14(3)30-11-18-26-20(23)28-21(27-18)25-17-7-5-4-6-13(17)2/h4-10,14H,11H2,1-3H3,(H,24,29)(H3,23,25,26,27,28)/t14-/m1/s1. The van der Waals surface area contributed by atoms with Gasteiger partial charge in [-0.3, -0.25) is 4.79 Å². The minimum absolute atomic E-state index is 0.101. The van der Waals surface area contributed by atoms with Gasteiger partial charge in [-0.05, 0) is 50.1 Å². The summed E-state index contributed by atoms with van der Waals surface area (Å²) in [5, 5.41) is 5.46. The van der Waals surface area contributed by atoms with Crippen LogP contribution in [0.2, 0.25) is 0 Å². The summed E-state index contributed by atoms with van der Waals surface area (Å²) in [4.78, 5) is 25.1. The maximum absolute atomic E-state index is 13.7. The van der Waals surface area contributed by atoms with Crippen LogP contribution in [0.3, 0.4) is 0 Å². The molecule has 0 spiro atoms. The Bertz CT molecular complexity index is 1060. The van der Waals surface area contributed by atoms with E-state index < -0.39 is 5.25 Å². The van der Waals surface area contributed by atoms with Crippen LogP contribution in [0.5, 0.6) is 0 Å². The largest absolute Gasteiger partial charge is 0.368 e. The van der Waals surface area contributed by atoms with Crippen molar-refractivity contribution in [2.45, 2.75) is 31.8 Å². The summed E-state index contributed by atoms with van der Waals surface area (Å²) in [5.41, 5.74) is 8.69. The van der Waals surface area contributed by atoms with E-state index in [9.17, 15) is 9.18 Å². The molecule has 3 rings (SSSR count). The molecule has 0 saturated heterocycles. The van der Waals surface area contributed by atoms with E-state index in [1.807, 2.05) is 31.2 Å². The highest BCUT2D eigenvalue weighted by Crippen LogP contribution is 2.21. The van der Waals surface area contributed by atoms with E-state index in [0.717, 1.165) is 11.3 Å². The first-order valence-corrected chi connectivity index (χ1v) is 10.4. The summed E-state index contributed by atoms with van der Waals surface area (Å²) < 4.78 is 13.7. The van der Waals surface area contributed by atoms with Gasteiger partial charge >= 0.3 is 0 Å². The summed E-state index contributed by atoms with van der Waals surface area (Å²) in [7, 11) is 0. The van der Waals surface area contributed by atoms with Gasteiger partial charge in [0.1, 0.15) is 11.6 Å². The van der Waals surface area contributed by atoms with Gasteiger partial charge in [-0.1, -0.05) is 24.3 Å². The van der Waals surface area contributed by atoms with Crippen molar-refractivity contribution >= 4 is 40.9 Å². The lowest BCUT2D eigenvalue weighted by atomic mass is 10.2. The lowest BCUT2D eigenvalue weighted by Crippen LogP contribution is -2.23. The number of para-hydroxylation sites is 1. The van der Waals surface area contributed by atoms with Crippen molar-refractivity contribution in [2.75, 3.05) is 16.4 Å². The molecule has 0 aliphatic heterocycles. The number of halogens is 1. The molecule has 0 unspecified atom stereocenters. The third-order valence-electron chi connectivity index (χ3n) is 4.36. The van der Waals surface area contributed by atoms with Crippen LogP contribution in [0.25, 0.3) is 0 Å². The van der Waals surface area contributed by atoms with Crippen LogP contribution in [0.4, 0.5) is 27.7 Å². The summed E-state index contributed by atoms with van der Waals surface area (Å²) in [6, 6.07) is 12.4. The van der Waals surface area contributed by atoms with E-state index in [1.54, 1.807) is 26.0 Å². The zero-order valence-corrected chi connectivity index (χ0v) is 17.8. The van der Waals surface area contributed by atoms with Gasteiger partial charge < -0.3 is 16.4 Å². The Morgan fingerprint density at radius 1 is 1.13 bits per heavy atom. The molecular weight excluding hydrogens is 403 g/mol. The van der Waals surface area contributed by atoms with Crippen LogP contribution in [-0.2, 0) is 10.5 Å². The predicted molar refractivity (Wildman–Crippen MR) is 119 cm³/mol. The molecule has 9 heteroatoms. The summed E-state index contributed by atoms with van der Waals surface area (Å²) in [5.74, 6) is 0.686. The number of nitrogens with one attached hydrogen (secondary N) is 2. The molecule has 1 heterocycles. The van der Waals surface area contributed by atoms with Gasteiger partial charge in [0.25, 0.3) is 0 Å². The van der Waals surface area contributed by atoms with Crippen LogP contribution in [0, 0.1) is 19.7 Å². The molecule has 1 atom stereocenters. The van der Waals surface area contributed by atoms with E-state index in [2.05, 4.69) is 25.6 Å². The number of hydrogen-bond donors (Lipinski definition) is 3. The molecule has 0 bridgehead atoms. The molecule has 0 aliphatic carbocycles. The summed E-state index contributed by atoms with van der Waals surface area (Å²) in [6.45, 7) is 5.41. The molecule has 0 saturated carbocycles. The Morgan fingerprint density at radius 3 is 2.63 bits per heavy atom. The highest BCUT2D eigenvalue weighted by molar-refractivity contribution is 7.99. The maximum Gasteiger partial charge on any atom is 0.237 e. The Balaban J connectivity index is 1.61. The lowest BCUT2D eigenvalue weighted by Gasteiger charge is -2.13. The number of carbonyl (C=O) groups is 1. The average Bonchev–Trinajstić information content (AvgIpc) is 2.70. The quantitative estimate of drug-likeness (QED) is 0.519. The number of aryl methyl sites for hydroxylation is 2. The van der Waals surface area contributed by atoms with Crippen molar-refractivity contribution in [1.29, 1.82) is 0 Å². The van der Waals surface area contributed by atoms with E-state index in [4.69, 9.17) is 5.73 Å². The number of amides is 1. The number of hydrogen-bond acceptors (Lipinski definition) is 7. The fourth-order valence-corrected chi connectivity index (χ4v) is 3.32. The number of rotatable bonds is 7. The molecule has 4 N–H and O–H groups in total. The molecule has 3 aromatic rings. The molecule has 1 aromatic heterocycles. The molecular formula is C21H23FN6OS. The van der Waals surface area contributed by atoms with Gasteiger partial charge in [0, 0.05) is 11.4 Å². The van der Waals surface area contributed by atoms with Crippen LogP contribution < -0.4 is 16.4 Å². The Kier molecular flexibility index (Phi) is 6.83. The fraction of sp³-hybridized carbons (Fsp3) is 0.238. The Labute approximate surface area is 178 Å². The average molecular weight is 427 g/mol. The van der Waals surface area contributed by atoms with Crippen molar-refractivity contribution in [3.05, 3.63) is 65.2 Å². The first-order valence-electron chi connectivity index (χ1n) is 9.33. The van der Waals surface area contributed by atoms with Crippen molar-refractivity contribution in [3.63, 3.8) is 0 Å². The van der Waals surface area contributed by atoms with Gasteiger partial charge in [-0.15, -0.1) is 11.8 Å². The number of nitrogens with two attached hydrogens (primary N) is 1. The number of nitrogen functional groups attached to an aromatic ring is 1. The highest BCUT2D eigenvalue weighted by atomic mass is 32.2. The van der Waals surface area contributed by atoms with Gasteiger partial charge in [0.15, 0.2) is 0 Å². The van der Waals surface area contributed by atoms with E-state index in [1.165, 1.54) is 17.8 Å². The predicted octanol–water partition coefficient (Wildman–Crippen LogP) is 4.21. The summed E-state index contributed by atoms with van der Waals surface area (Å²) >= 11 is 1.35. The number of benzene rings is 2. The monoisotopic (exact) mass is 426 g/mol. The first kappa shape index (κ1) is 21.5. The third kappa shape index (κ3) is 5.66. The van der Waals surface area contributed by atoms with Crippen LogP contribution >= 0.6 is 11.8 Å². The number of anilines is 4. The van der Waals surface area contributed by atoms with E-state index in [0.29, 0.717) is 28.8 Å². The fourth-order valence-electron chi connectivity index (χ4n) is 2.58. The van der Waals surface area contributed by atoms with Crippen molar-refractivity contribution in [2.24, 2.45) is 0 Å². The topological polar surface area (TPSA) is 106 Å². The molecule has 0 radical (unpaired) electrons. The molecule has 0 fully saturated rings. The second-order valence-corrected chi connectivity index (χ2v) is 8.11. The Hall–Kier alpha value is -3.20. The zero-order valence-electron chi connectivity index (χ0n) is 16.9. The second-order valence-electron chi connectivity index (χ2n) is 6.78. The van der Waals surface area contributed by atoms with Crippen molar-refractivity contribution in [3.8, 4) is 0 Å². The van der Waals surface area contributed by atoms with Crippen LogP contribution in [0.1, 0.15) is 23.9 Å². The number of carbonyl (C=O) groups excluding carboxylic acids is 1. The van der Waals surface area contributed by atoms with Gasteiger partial charge in [0.2, 0.25) is 17.8 Å². The zero-order chi connectivity index (χ0) is 21.7. The van der Waals surface area contributed by atoms with Crippen molar-refractivity contribution < 1.29 is 9.18 Å². The highest BCUT2D eigenvalue weighted by Gasteiger charge is 2.16. The van der Waals surface area contributed by atoms with Gasteiger partial charge in [-0.2, -0.15) is 15.0 Å². The molecule has 156 valence electrons. The van der Waals surface area contributed by atoms with Gasteiger partial charge in [-0.25, -0.2) is 4.39 Å². The minimum atomic E-state index is -0.403. The molecule has 7 nitrogen and oxygen atoms in total. The second kappa shape index (κ2) is 9.53. The normalized spacial score (nSPS) is 11.7. The van der Waals surface area contributed by atoms with Crippen molar-refractivity contribution in [1.82, 2.24) is 15.0 Å². The Morgan fingerprint density at radius 2 is 1.90 bits per heavy atom. The van der Waals surface area contributed by atoms with Crippen LogP contribution in [-0.4, -0.2) is 26.1 Å². The number of thioether (sulfide) groups is 1. The number of aromatic nitrogens is 3. The molecule has 1 amide bonds. The smallest absolute Gasteiger partial charge is 0.237 e. The number of nitrogens with zero attached hydrogens (tertiary/aromatic N) is 3. The SMILES string of the molecule is Cc1ccc(NC(=O)[C@@H](C)SCc2nc(N)nc(Nc3ccccc3C)n2)cc1F. The summed E-state index contributed by atoms with van der Waals surface area (Å²) in [6.07, 6.45) is 0. The van der Waals surface area contributed by atoms with Gasteiger partial charge in [0.05, 0.1) is 11.0 Å². The maximum atomic E-state index is 13.7. The molecule has 30 heavy (non-hydrogen) atoms. The van der Waals surface area contributed by atoms with Crippen LogP contribution in [0.15, 0.2) is 42.5 Å².